The summed E-state index contributed by atoms with van der Waals surface area (Å²) in [6.45, 7) is 2.30. The van der Waals surface area contributed by atoms with Crippen LogP contribution in [0.25, 0.3) is 0 Å². The Labute approximate surface area is 161 Å². The lowest BCUT2D eigenvalue weighted by molar-refractivity contribution is 0.344. The fourth-order valence-corrected chi connectivity index (χ4v) is 5.25. The number of alkyl halides is 1. The zero-order valence-electron chi connectivity index (χ0n) is 16.0. The van der Waals surface area contributed by atoms with Gasteiger partial charge in [-0.15, -0.1) is 0 Å². The maximum Gasteiger partial charge on any atom is 0.0138 e. The first-order valence-corrected chi connectivity index (χ1v) is 12.2. The van der Waals surface area contributed by atoms with Crippen LogP contribution in [0.1, 0.15) is 129 Å². The van der Waals surface area contributed by atoms with Gasteiger partial charge in [0, 0.05) is 3.92 Å². The highest BCUT2D eigenvalue weighted by Crippen LogP contribution is 2.33. The van der Waals surface area contributed by atoms with Gasteiger partial charge in [0.2, 0.25) is 0 Å². The standard InChI is InChI=1S/C22H43I/c1-2-3-4-5-6-7-8-9-10-11-12-13-17-20-22(23)21-18-15-14-16-19-21/h21-22H,2-20H2,1H3. The molecule has 0 aromatic carbocycles. The van der Waals surface area contributed by atoms with E-state index < -0.39 is 0 Å². The SMILES string of the molecule is CCCCCCCCCCCCCCCC(I)C1CCCCC1. The van der Waals surface area contributed by atoms with Crippen molar-refractivity contribution in [1.82, 2.24) is 0 Å². The molecule has 1 atom stereocenters. The number of rotatable bonds is 15. The molecule has 0 spiro atoms. The zero-order chi connectivity index (χ0) is 16.6. The van der Waals surface area contributed by atoms with Gasteiger partial charge in [-0.25, -0.2) is 0 Å². The largest absolute Gasteiger partial charge is 0.0823 e. The predicted octanol–water partition coefficient (Wildman–Crippen LogP) is 8.85. The van der Waals surface area contributed by atoms with E-state index in [-0.39, 0.29) is 0 Å². The minimum Gasteiger partial charge on any atom is -0.0823 e. The van der Waals surface area contributed by atoms with E-state index in [0.29, 0.717) is 0 Å². The third-order valence-electron chi connectivity index (χ3n) is 5.74. The molecule has 0 aliphatic heterocycles. The van der Waals surface area contributed by atoms with Crippen LogP contribution < -0.4 is 0 Å². The molecular formula is C22H43I. The lowest BCUT2D eigenvalue weighted by atomic mass is 9.85. The summed E-state index contributed by atoms with van der Waals surface area (Å²) >= 11 is 2.76. The summed E-state index contributed by atoms with van der Waals surface area (Å²) in [6.07, 6.45) is 28.2. The van der Waals surface area contributed by atoms with E-state index in [2.05, 4.69) is 29.5 Å². The van der Waals surface area contributed by atoms with E-state index in [1.54, 1.807) is 0 Å². The van der Waals surface area contributed by atoms with Gasteiger partial charge in [0.15, 0.2) is 0 Å². The van der Waals surface area contributed by atoms with Gasteiger partial charge in [0.25, 0.3) is 0 Å². The maximum atomic E-state index is 2.76. The van der Waals surface area contributed by atoms with Gasteiger partial charge in [-0.05, 0) is 25.2 Å². The molecule has 0 N–H and O–H groups in total. The van der Waals surface area contributed by atoms with Gasteiger partial charge in [-0.2, -0.15) is 0 Å². The Morgan fingerprint density at radius 2 is 1.09 bits per heavy atom. The molecule has 23 heavy (non-hydrogen) atoms. The molecule has 138 valence electrons. The summed E-state index contributed by atoms with van der Waals surface area (Å²) in [5.41, 5.74) is 0. The molecule has 1 unspecified atom stereocenters. The summed E-state index contributed by atoms with van der Waals surface area (Å²) in [5, 5.41) is 0. The predicted molar refractivity (Wildman–Crippen MR) is 115 cm³/mol. The van der Waals surface area contributed by atoms with Crippen LogP contribution in [0.3, 0.4) is 0 Å². The Hall–Kier alpha value is 0.730. The third kappa shape index (κ3) is 12.7. The van der Waals surface area contributed by atoms with E-state index in [1.165, 1.54) is 122 Å². The van der Waals surface area contributed by atoms with Crippen LogP contribution in [0.2, 0.25) is 0 Å². The van der Waals surface area contributed by atoms with Crippen molar-refractivity contribution >= 4 is 22.6 Å². The summed E-state index contributed by atoms with van der Waals surface area (Å²) in [7, 11) is 0. The molecule has 1 aliphatic carbocycles. The molecule has 0 nitrogen and oxygen atoms in total. The van der Waals surface area contributed by atoms with Crippen LogP contribution in [-0.4, -0.2) is 3.92 Å². The second-order valence-electron chi connectivity index (χ2n) is 7.95. The Morgan fingerprint density at radius 1 is 0.652 bits per heavy atom. The van der Waals surface area contributed by atoms with E-state index in [1.807, 2.05) is 0 Å². The van der Waals surface area contributed by atoms with Gasteiger partial charge in [0.05, 0.1) is 0 Å². The summed E-state index contributed by atoms with van der Waals surface area (Å²) in [4.78, 5) is 0. The van der Waals surface area contributed by atoms with Crippen LogP contribution in [0.5, 0.6) is 0 Å². The van der Waals surface area contributed by atoms with Crippen molar-refractivity contribution in [3.63, 3.8) is 0 Å². The highest BCUT2D eigenvalue weighted by atomic mass is 127. The van der Waals surface area contributed by atoms with Crippen LogP contribution in [0.15, 0.2) is 0 Å². The van der Waals surface area contributed by atoms with Gasteiger partial charge >= 0.3 is 0 Å². The fraction of sp³-hybridized carbons (Fsp3) is 1.00. The average Bonchev–Trinajstić information content (AvgIpc) is 2.59. The molecule has 1 fully saturated rings. The van der Waals surface area contributed by atoms with Gasteiger partial charge in [-0.3, -0.25) is 0 Å². The Balaban J connectivity index is 1.76. The Bertz CT molecular complexity index is 232. The number of hydrogen-bond acceptors (Lipinski definition) is 0. The van der Waals surface area contributed by atoms with E-state index in [9.17, 15) is 0 Å². The van der Waals surface area contributed by atoms with Gasteiger partial charge < -0.3 is 0 Å². The van der Waals surface area contributed by atoms with Crippen molar-refractivity contribution in [1.29, 1.82) is 0 Å². The highest BCUT2D eigenvalue weighted by molar-refractivity contribution is 14.1. The molecule has 1 heteroatoms. The molecule has 1 aliphatic rings. The first kappa shape index (κ1) is 21.8. The number of unbranched alkanes of at least 4 members (excludes halogenated alkanes) is 12. The second-order valence-corrected chi connectivity index (χ2v) is 9.55. The van der Waals surface area contributed by atoms with Crippen molar-refractivity contribution in [2.24, 2.45) is 5.92 Å². The summed E-state index contributed by atoms with van der Waals surface area (Å²) in [6, 6.07) is 0. The Kier molecular flexibility index (Phi) is 15.3. The number of hydrogen-bond donors (Lipinski definition) is 0. The molecule has 0 bridgehead atoms. The molecule has 0 radical (unpaired) electrons. The van der Waals surface area contributed by atoms with Gasteiger partial charge in [0.1, 0.15) is 0 Å². The van der Waals surface area contributed by atoms with Crippen molar-refractivity contribution in [3.05, 3.63) is 0 Å². The lowest BCUT2D eigenvalue weighted by Gasteiger charge is -2.26. The molecule has 0 heterocycles. The highest BCUT2D eigenvalue weighted by Gasteiger charge is 2.20. The smallest absolute Gasteiger partial charge is 0.0138 e. The zero-order valence-corrected chi connectivity index (χ0v) is 18.1. The molecule has 1 saturated carbocycles. The van der Waals surface area contributed by atoms with Crippen molar-refractivity contribution in [3.8, 4) is 0 Å². The normalized spacial score (nSPS) is 17.5. The van der Waals surface area contributed by atoms with Crippen molar-refractivity contribution in [2.75, 3.05) is 0 Å². The molecule has 0 aromatic rings. The monoisotopic (exact) mass is 434 g/mol. The maximum absolute atomic E-state index is 2.76. The minimum atomic E-state index is 0.973. The molecule has 1 rings (SSSR count). The first-order valence-electron chi connectivity index (χ1n) is 11.0. The lowest BCUT2D eigenvalue weighted by Crippen LogP contribution is -2.17. The molecule has 0 saturated heterocycles. The number of halogens is 1. The van der Waals surface area contributed by atoms with Crippen LogP contribution >= 0.6 is 22.6 Å². The fourth-order valence-electron chi connectivity index (χ4n) is 4.09. The third-order valence-corrected chi connectivity index (χ3v) is 7.38. The van der Waals surface area contributed by atoms with Gasteiger partial charge in [-0.1, -0.05) is 132 Å². The summed E-state index contributed by atoms with van der Waals surface area (Å²) in [5.74, 6) is 1.06. The second kappa shape index (κ2) is 16.2. The van der Waals surface area contributed by atoms with Crippen LogP contribution in [0.4, 0.5) is 0 Å². The molecule has 0 amide bonds. The minimum absolute atomic E-state index is 0.973. The first-order chi connectivity index (χ1) is 11.3. The molecule has 0 aromatic heterocycles. The quantitative estimate of drug-likeness (QED) is 0.137. The van der Waals surface area contributed by atoms with Crippen LogP contribution in [0, 0.1) is 5.92 Å². The van der Waals surface area contributed by atoms with Crippen LogP contribution in [-0.2, 0) is 0 Å². The van der Waals surface area contributed by atoms with E-state index in [0.717, 1.165) is 9.84 Å². The topological polar surface area (TPSA) is 0 Å². The van der Waals surface area contributed by atoms with Crippen molar-refractivity contribution in [2.45, 2.75) is 133 Å². The van der Waals surface area contributed by atoms with E-state index >= 15 is 0 Å². The van der Waals surface area contributed by atoms with Crippen molar-refractivity contribution < 1.29 is 0 Å². The summed E-state index contributed by atoms with van der Waals surface area (Å²) < 4.78 is 0.973. The molecular weight excluding hydrogens is 391 g/mol. The average molecular weight is 434 g/mol. The Morgan fingerprint density at radius 3 is 1.57 bits per heavy atom. The van der Waals surface area contributed by atoms with E-state index in [4.69, 9.17) is 0 Å².